The van der Waals surface area contributed by atoms with Crippen LogP contribution >= 0.6 is 0 Å². The number of carbonyl (C=O) groups is 1. The van der Waals surface area contributed by atoms with Crippen LogP contribution in [0.3, 0.4) is 0 Å². The summed E-state index contributed by atoms with van der Waals surface area (Å²) in [7, 11) is -3.02. The highest BCUT2D eigenvalue weighted by molar-refractivity contribution is 7.91. The topological polar surface area (TPSA) is 75.7 Å². The van der Waals surface area contributed by atoms with E-state index in [4.69, 9.17) is 4.74 Å². The van der Waals surface area contributed by atoms with Gasteiger partial charge in [-0.3, -0.25) is 0 Å². The van der Waals surface area contributed by atoms with Gasteiger partial charge in [-0.05, 0) is 32.9 Å². The van der Waals surface area contributed by atoms with Gasteiger partial charge in [0.15, 0.2) is 9.84 Å². The molecule has 1 heterocycles. The summed E-state index contributed by atoms with van der Waals surface area (Å²) in [6, 6.07) is 7.18. The molecule has 2 atom stereocenters. The van der Waals surface area contributed by atoms with Gasteiger partial charge in [0, 0.05) is 12.6 Å². The first-order valence-electron chi connectivity index (χ1n) is 7.75. The molecule has 1 N–H and O–H groups in total. The molecule has 128 valence electrons. The third-order valence-electron chi connectivity index (χ3n) is 3.83. The van der Waals surface area contributed by atoms with Crippen LogP contribution in [0.15, 0.2) is 24.3 Å². The molecule has 0 radical (unpaired) electrons. The van der Waals surface area contributed by atoms with Crippen molar-refractivity contribution in [1.29, 1.82) is 0 Å². The zero-order chi connectivity index (χ0) is 17.0. The lowest BCUT2D eigenvalue weighted by atomic mass is 10.2. The smallest absolute Gasteiger partial charge is 0.317 e. The van der Waals surface area contributed by atoms with Crippen molar-refractivity contribution in [2.24, 2.45) is 0 Å². The molecule has 0 spiro atoms. The number of rotatable bonds is 4. The summed E-state index contributed by atoms with van der Waals surface area (Å²) < 4.78 is 28.8. The number of nitrogens with one attached hydrogen (secondary N) is 1. The van der Waals surface area contributed by atoms with Crippen LogP contribution in [-0.2, 0) is 9.84 Å². The van der Waals surface area contributed by atoms with Gasteiger partial charge >= 0.3 is 6.03 Å². The van der Waals surface area contributed by atoms with Crippen LogP contribution in [0.5, 0.6) is 5.75 Å². The maximum atomic E-state index is 12.2. The molecule has 1 aliphatic rings. The van der Waals surface area contributed by atoms with E-state index in [9.17, 15) is 13.2 Å². The molecule has 2 amide bonds. The first kappa shape index (κ1) is 17.6. The third kappa shape index (κ3) is 5.13. The molecule has 0 saturated carbocycles. The van der Waals surface area contributed by atoms with E-state index < -0.39 is 9.84 Å². The summed E-state index contributed by atoms with van der Waals surface area (Å²) in [4.78, 5) is 13.8. The van der Waals surface area contributed by atoms with Crippen LogP contribution in [0.4, 0.5) is 4.79 Å². The molecule has 0 aliphatic carbocycles. The predicted molar refractivity (Wildman–Crippen MR) is 89.5 cm³/mol. The van der Waals surface area contributed by atoms with Crippen molar-refractivity contribution in [3.8, 4) is 5.75 Å². The number of hydrogen-bond acceptors (Lipinski definition) is 4. The second-order valence-electron chi connectivity index (χ2n) is 6.08. The minimum Gasteiger partial charge on any atom is -0.489 e. The lowest BCUT2D eigenvalue weighted by Gasteiger charge is -2.33. The monoisotopic (exact) mass is 340 g/mol. The van der Waals surface area contributed by atoms with Gasteiger partial charge in [-0.2, -0.15) is 0 Å². The van der Waals surface area contributed by atoms with E-state index >= 15 is 0 Å². The second kappa shape index (κ2) is 7.21. The minimum atomic E-state index is -3.02. The molecule has 0 unspecified atom stereocenters. The van der Waals surface area contributed by atoms with E-state index in [-0.39, 0.29) is 36.2 Å². The van der Waals surface area contributed by atoms with Crippen molar-refractivity contribution >= 4 is 15.9 Å². The number of nitrogens with zero attached hydrogens (tertiary/aromatic N) is 1. The van der Waals surface area contributed by atoms with E-state index in [1.54, 1.807) is 11.8 Å². The number of aryl methyl sites for hydroxylation is 1. The molecule has 23 heavy (non-hydrogen) atoms. The maximum absolute atomic E-state index is 12.2. The van der Waals surface area contributed by atoms with Gasteiger partial charge in [-0.1, -0.05) is 17.7 Å². The van der Waals surface area contributed by atoms with Crippen LogP contribution in [0.2, 0.25) is 0 Å². The number of sulfone groups is 1. The number of hydrogen-bond donors (Lipinski definition) is 1. The van der Waals surface area contributed by atoms with Crippen LogP contribution in [-0.4, -0.2) is 56.1 Å². The highest BCUT2D eigenvalue weighted by Crippen LogP contribution is 2.14. The third-order valence-corrected chi connectivity index (χ3v) is 5.63. The van der Waals surface area contributed by atoms with E-state index in [1.807, 2.05) is 38.1 Å². The Morgan fingerprint density at radius 2 is 2.04 bits per heavy atom. The molecule has 7 heteroatoms. The van der Waals surface area contributed by atoms with Crippen molar-refractivity contribution in [3.05, 3.63) is 29.8 Å². The Labute approximate surface area is 137 Å². The zero-order valence-corrected chi connectivity index (χ0v) is 14.6. The van der Waals surface area contributed by atoms with Crippen LogP contribution < -0.4 is 10.1 Å². The van der Waals surface area contributed by atoms with E-state index in [1.165, 1.54) is 0 Å². The normalized spacial score (nSPS) is 21.5. The standard InChI is InChI=1S/C16H24N2O4S/c1-12-4-6-15(7-5-12)22-14(3)10-17-16(19)18-8-9-23(20,21)11-13(18)2/h4-7,13-14H,8-11H2,1-3H3,(H,17,19)/t13-,14-/m0/s1. The largest absolute Gasteiger partial charge is 0.489 e. The maximum Gasteiger partial charge on any atom is 0.317 e. The molecule has 2 rings (SSSR count). The van der Waals surface area contributed by atoms with Gasteiger partial charge in [0.1, 0.15) is 11.9 Å². The number of carbonyl (C=O) groups excluding carboxylic acids is 1. The van der Waals surface area contributed by atoms with Crippen LogP contribution in [0, 0.1) is 6.92 Å². The minimum absolute atomic E-state index is 0.0237. The fourth-order valence-electron chi connectivity index (χ4n) is 2.52. The summed E-state index contributed by atoms with van der Waals surface area (Å²) >= 11 is 0. The molecule has 1 aromatic carbocycles. The Balaban J connectivity index is 1.80. The fraction of sp³-hybridized carbons (Fsp3) is 0.562. The molecule has 6 nitrogen and oxygen atoms in total. The Bertz CT molecular complexity index is 643. The highest BCUT2D eigenvalue weighted by atomic mass is 32.2. The van der Waals surface area contributed by atoms with Crippen molar-refractivity contribution in [2.75, 3.05) is 24.6 Å². The van der Waals surface area contributed by atoms with E-state index in [0.717, 1.165) is 11.3 Å². The Morgan fingerprint density at radius 1 is 1.39 bits per heavy atom. The van der Waals surface area contributed by atoms with Crippen molar-refractivity contribution < 1.29 is 17.9 Å². The van der Waals surface area contributed by atoms with Crippen LogP contribution in [0.1, 0.15) is 19.4 Å². The SMILES string of the molecule is Cc1ccc(O[C@@H](C)CNC(=O)N2CCS(=O)(=O)C[C@@H]2C)cc1. The average Bonchev–Trinajstić information content (AvgIpc) is 2.46. The first-order valence-corrected chi connectivity index (χ1v) is 9.57. The molecule has 1 aromatic rings. The Kier molecular flexibility index (Phi) is 5.51. The molecular weight excluding hydrogens is 316 g/mol. The highest BCUT2D eigenvalue weighted by Gasteiger charge is 2.31. The van der Waals surface area contributed by atoms with Crippen LogP contribution in [0.25, 0.3) is 0 Å². The van der Waals surface area contributed by atoms with Gasteiger partial charge in [0.25, 0.3) is 0 Å². The summed E-state index contributed by atoms with van der Waals surface area (Å²) in [6.07, 6.45) is -0.175. The second-order valence-corrected chi connectivity index (χ2v) is 8.31. The molecule has 1 fully saturated rings. The van der Waals surface area contributed by atoms with Gasteiger partial charge in [-0.25, -0.2) is 13.2 Å². The molecule has 1 aliphatic heterocycles. The van der Waals surface area contributed by atoms with Gasteiger partial charge < -0.3 is 15.0 Å². The summed E-state index contributed by atoms with van der Waals surface area (Å²) in [5.74, 6) is 0.811. The number of ether oxygens (including phenoxy) is 1. The average molecular weight is 340 g/mol. The summed E-state index contributed by atoms with van der Waals surface area (Å²) in [5.41, 5.74) is 1.16. The molecular formula is C16H24N2O4S. The van der Waals surface area contributed by atoms with Gasteiger partial charge in [0.2, 0.25) is 0 Å². The van der Waals surface area contributed by atoms with Crippen molar-refractivity contribution in [2.45, 2.75) is 32.9 Å². The van der Waals surface area contributed by atoms with Gasteiger partial charge in [-0.15, -0.1) is 0 Å². The molecule has 0 aromatic heterocycles. The van der Waals surface area contributed by atoms with Crippen molar-refractivity contribution in [1.82, 2.24) is 10.2 Å². The zero-order valence-electron chi connectivity index (χ0n) is 13.8. The predicted octanol–water partition coefficient (Wildman–Crippen LogP) is 1.59. The van der Waals surface area contributed by atoms with Crippen molar-refractivity contribution in [3.63, 3.8) is 0 Å². The quantitative estimate of drug-likeness (QED) is 0.903. The van der Waals surface area contributed by atoms with E-state index in [0.29, 0.717) is 6.54 Å². The summed E-state index contributed by atoms with van der Waals surface area (Å²) in [6.45, 7) is 6.24. The molecule has 1 saturated heterocycles. The number of urea groups is 1. The first-order chi connectivity index (χ1) is 10.8. The Hall–Kier alpha value is -1.76. The van der Waals surface area contributed by atoms with E-state index in [2.05, 4.69) is 5.32 Å². The number of benzene rings is 1. The fourth-order valence-corrected chi connectivity index (χ4v) is 4.08. The van der Waals surface area contributed by atoms with Gasteiger partial charge in [0.05, 0.1) is 18.1 Å². The lowest BCUT2D eigenvalue weighted by molar-refractivity contribution is 0.172. The lowest BCUT2D eigenvalue weighted by Crippen LogP contribution is -2.54. The molecule has 0 bridgehead atoms. The number of amides is 2. The summed E-state index contributed by atoms with van der Waals surface area (Å²) in [5, 5.41) is 2.81. The Morgan fingerprint density at radius 3 is 2.65 bits per heavy atom.